The van der Waals surface area contributed by atoms with Crippen molar-refractivity contribution in [3.8, 4) is 11.8 Å². The normalized spacial score (nSPS) is 11.3. The summed E-state index contributed by atoms with van der Waals surface area (Å²) in [6, 6.07) is 26.4. The lowest BCUT2D eigenvalue weighted by Crippen LogP contribution is -1.96. The van der Waals surface area contributed by atoms with Gasteiger partial charge in [-0.05, 0) is 52.7 Å². The van der Waals surface area contributed by atoms with Gasteiger partial charge in [0, 0.05) is 29.7 Å². The van der Waals surface area contributed by atoms with Crippen molar-refractivity contribution in [3.63, 3.8) is 0 Å². The zero-order chi connectivity index (χ0) is 19.5. The van der Waals surface area contributed by atoms with E-state index in [0.717, 1.165) is 27.7 Å². The van der Waals surface area contributed by atoms with Gasteiger partial charge in [-0.15, -0.1) is 0 Å². The van der Waals surface area contributed by atoms with Crippen molar-refractivity contribution in [2.24, 2.45) is 0 Å². The molecule has 0 N–H and O–H groups in total. The van der Waals surface area contributed by atoms with Gasteiger partial charge in [0.15, 0.2) is 0 Å². The molecule has 28 heavy (non-hydrogen) atoms. The Morgan fingerprint density at radius 1 is 0.964 bits per heavy atom. The van der Waals surface area contributed by atoms with E-state index in [4.69, 9.17) is 0 Å². The molecule has 0 radical (unpaired) electrons. The molecule has 4 rings (SSSR count). The van der Waals surface area contributed by atoms with Crippen molar-refractivity contribution in [3.05, 3.63) is 106 Å². The summed E-state index contributed by atoms with van der Waals surface area (Å²) in [6.07, 6.45) is 3.69. The number of fused-ring (bicyclic) bond motifs is 1. The molecular formula is C23H15N3O2. The highest BCUT2D eigenvalue weighted by Gasteiger charge is 2.08. The number of nitrogens with zero attached hydrogens (tertiary/aromatic N) is 3. The maximum atomic E-state index is 10.9. The number of nitro benzene ring substituents is 1. The lowest BCUT2D eigenvalue weighted by molar-refractivity contribution is -0.384. The summed E-state index contributed by atoms with van der Waals surface area (Å²) < 4.78 is 1.89. The van der Waals surface area contributed by atoms with Crippen molar-refractivity contribution in [2.75, 3.05) is 0 Å². The Kier molecular flexibility index (Phi) is 4.45. The summed E-state index contributed by atoms with van der Waals surface area (Å²) in [5, 5.41) is 22.8. The molecule has 5 nitrogen and oxygen atoms in total. The molecule has 4 aromatic rings. The van der Waals surface area contributed by atoms with Crippen LogP contribution in [-0.2, 0) is 0 Å². The zero-order valence-corrected chi connectivity index (χ0v) is 14.8. The van der Waals surface area contributed by atoms with Crippen molar-refractivity contribution in [1.82, 2.24) is 4.57 Å². The minimum atomic E-state index is -0.423. The minimum absolute atomic E-state index is 0.0434. The SMILES string of the molecule is N#C/C(=C/c1cccn1-c1ccc([N+](=O)[O-])cc1)c1ccc2ccccc2c1. The number of hydrogen-bond donors (Lipinski definition) is 0. The molecular weight excluding hydrogens is 350 g/mol. The van der Waals surface area contributed by atoms with Crippen molar-refractivity contribution in [2.45, 2.75) is 0 Å². The fraction of sp³-hybridized carbons (Fsp3) is 0. The first-order valence-electron chi connectivity index (χ1n) is 8.69. The molecule has 0 spiro atoms. The Bertz CT molecular complexity index is 1240. The van der Waals surface area contributed by atoms with E-state index in [2.05, 4.69) is 6.07 Å². The van der Waals surface area contributed by atoms with Gasteiger partial charge in [-0.3, -0.25) is 10.1 Å². The van der Waals surface area contributed by atoms with E-state index >= 15 is 0 Å². The van der Waals surface area contributed by atoms with Gasteiger partial charge in [-0.25, -0.2) is 0 Å². The molecule has 0 bridgehead atoms. The van der Waals surface area contributed by atoms with Crippen LogP contribution < -0.4 is 0 Å². The first-order chi connectivity index (χ1) is 13.7. The van der Waals surface area contributed by atoms with E-state index < -0.39 is 4.92 Å². The Hall–Kier alpha value is -4.17. The van der Waals surface area contributed by atoms with Crippen LogP contribution >= 0.6 is 0 Å². The second-order valence-electron chi connectivity index (χ2n) is 6.31. The monoisotopic (exact) mass is 365 g/mol. The molecule has 1 aromatic heterocycles. The van der Waals surface area contributed by atoms with Gasteiger partial charge in [-0.2, -0.15) is 5.26 Å². The molecule has 134 valence electrons. The molecule has 0 amide bonds. The topological polar surface area (TPSA) is 71.9 Å². The average molecular weight is 365 g/mol. The Morgan fingerprint density at radius 3 is 2.43 bits per heavy atom. The fourth-order valence-corrected chi connectivity index (χ4v) is 3.17. The summed E-state index contributed by atoms with van der Waals surface area (Å²) in [7, 11) is 0. The van der Waals surface area contributed by atoms with Gasteiger partial charge in [0.25, 0.3) is 5.69 Å². The van der Waals surface area contributed by atoms with Crippen LogP contribution in [0.25, 0.3) is 28.1 Å². The molecule has 0 aliphatic carbocycles. The Balaban J connectivity index is 1.74. The average Bonchev–Trinajstić information content (AvgIpc) is 3.20. The summed E-state index contributed by atoms with van der Waals surface area (Å²) in [4.78, 5) is 10.4. The van der Waals surface area contributed by atoms with Crippen LogP contribution in [0.1, 0.15) is 11.3 Å². The second kappa shape index (κ2) is 7.22. The third kappa shape index (κ3) is 3.27. The molecule has 0 saturated heterocycles. The third-order valence-electron chi connectivity index (χ3n) is 4.59. The summed E-state index contributed by atoms with van der Waals surface area (Å²) in [5.41, 5.74) is 3.04. The molecule has 0 atom stereocenters. The number of hydrogen-bond acceptors (Lipinski definition) is 3. The molecule has 1 heterocycles. The van der Waals surface area contributed by atoms with Crippen LogP contribution in [0.3, 0.4) is 0 Å². The highest BCUT2D eigenvalue weighted by Crippen LogP contribution is 2.24. The molecule has 0 saturated carbocycles. The largest absolute Gasteiger partial charge is 0.317 e. The Labute approximate surface area is 161 Å². The predicted octanol–water partition coefficient (Wildman–Crippen LogP) is 5.60. The number of benzene rings is 3. The van der Waals surface area contributed by atoms with Crippen LogP contribution in [-0.4, -0.2) is 9.49 Å². The van der Waals surface area contributed by atoms with Crippen molar-refractivity contribution < 1.29 is 4.92 Å². The van der Waals surface area contributed by atoms with Crippen molar-refractivity contribution >= 4 is 28.1 Å². The van der Waals surface area contributed by atoms with Crippen molar-refractivity contribution in [1.29, 1.82) is 5.26 Å². The van der Waals surface area contributed by atoms with Gasteiger partial charge in [0.2, 0.25) is 0 Å². The minimum Gasteiger partial charge on any atom is -0.317 e. The number of nitriles is 1. The molecule has 0 aliphatic rings. The van der Waals surface area contributed by atoms with Gasteiger partial charge in [0.1, 0.15) is 0 Å². The Morgan fingerprint density at radius 2 is 1.71 bits per heavy atom. The van der Waals surface area contributed by atoms with E-state index in [1.807, 2.05) is 71.4 Å². The number of rotatable bonds is 4. The number of non-ortho nitro benzene ring substituents is 1. The van der Waals surface area contributed by atoms with Gasteiger partial charge in [0.05, 0.1) is 16.6 Å². The van der Waals surface area contributed by atoms with E-state index in [1.54, 1.807) is 12.1 Å². The third-order valence-corrected chi connectivity index (χ3v) is 4.59. The molecule has 3 aromatic carbocycles. The van der Waals surface area contributed by atoms with E-state index in [1.165, 1.54) is 12.1 Å². The van der Waals surface area contributed by atoms with Gasteiger partial charge >= 0.3 is 0 Å². The second-order valence-corrected chi connectivity index (χ2v) is 6.31. The zero-order valence-electron chi connectivity index (χ0n) is 14.8. The molecule has 0 aliphatic heterocycles. The smallest absolute Gasteiger partial charge is 0.269 e. The highest BCUT2D eigenvalue weighted by molar-refractivity contribution is 5.94. The van der Waals surface area contributed by atoms with E-state index in [-0.39, 0.29) is 5.69 Å². The highest BCUT2D eigenvalue weighted by atomic mass is 16.6. The van der Waals surface area contributed by atoms with Crippen LogP contribution in [0, 0.1) is 21.4 Å². The number of allylic oxidation sites excluding steroid dienone is 1. The first kappa shape index (κ1) is 17.3. The van der Waals surface area contributed by atoms with Gasteiger partial charge < -0.3 is 4.57 Å². The number of nitro groups is 1. The summed E-state index contributed by atoms with van der Waals surface area (Å²) in [5.74, 6) is 0. The van der Waals surface area contributed by atoms with E-state index in [9.17, 15) is 15.4 Å². The molecule has 0 unspecified atom stereocenters. The summed E-state index contributed by atoms with van der Waals surface area (Å²) >= 11 is 0. The van der Waals surface area contributed by atoms with Crippen LogP contribution in [0.15, 0.2) is 85.1 Å². The maximum absolute atomic E-state index is 10.9. The lowest BCUT2D eigenvalue weighted by atomic mass is 10.0. The molecule has 0 fully saturated rings. The fourth-order valence-electron chi connectivity index (χ4n) is 3.17. The van der Waals surface area contributed by atoms with Crippen LogP contribution in [0.4, 0.5) is 5.69 Å². The van der Waals surface area contributed by atoms with Gasteiger partial charge in [-0.1, -0.05) is 36.4 Å². The van der Waals surface area contributed by atoms with Crippen LogP contribution in [0.5, 0.6) is 0 Å². The van der Waals surface area contributed by atoms with Crippen LogP contribution in [0.2, 0.25) is 0 Å². The number of aromatic nitrogens is 1. The lowest BCUT2D eigenvalue weighted by Gasteiger charge is -2.08. The standard InChI is InChI=1S/C23H15N3O2/c24-16-20(19-8-7-17-4-1-2-5-18(17)14-19)15-23-6-3-13-25(23)21-9-11-22(12-10-21)26(27)28/h1-15H/b20-15-. The quantitative estimate of drug-likeness (QED) is 0.268. The first-order valence-corrected chi connectivity index (χ1v) is 8.69. The van der Waals surface area contributed by atoms with E-state index in [0.29, 0.717) is 5.57 Å². The predicted molar refractivity (Wildman–Crippen MR) is 110 cm³/mol. The maximum Gasteiger partial charge on any atom is 0.269 e. The molecule has 5 heteroatoms. The summed E-state index contributed by atoms with van der Waals surface area (Å²) in [6.45, 7) is 0.